The summed E-state index contributed by atoms with van der Waals surface area (Å²) in [4.78, 5) is 13.6. The van der Waals surface area contributed by atoms with Crippen LogP contribution in [-0.4, -0.2) is 55.0 Å². The second-order valence-corrected chi connectivity index (χ2v) is 11.4. The van der Waals surface area contributed by atoms with Gasteiger partial charge in [-0.1, -0.05) is 60.7 Å². The van der Waals surface area contributed by atoms with E-state index in [9.17, 15) is 18.3 Å². The molecule has 0 bridgehead atoms. The van der Waals surface area contributed by atoms with Gasteiger partial charge in [0.1, 0.15) is 11.1 Å². The third-order valence-corrected chi connectivity index (χ3v) is 9.46. The highest BCUT2D eigenvalue weighted by molar-refractivity contribution is 8.02. The summed E-state index contributed by atoms with van der Waals surface area (Å²) in [6, 6.07) is 24.0. The standard InChI is InChI=1S/C27H29NO5S2/c1-33-26-10-6-5-9-24(26)22(15-17-29)19-25(30)27-28(16-18-34-27)35(31,32)23-13-11-21(12-14-23)20-7-3-2-4-8-20/h2-14,22,27,29H,15-19H2,1H3. The maximum atomic E-state index is 13.5. The van der Waals surface area contributed by atoms with Crippen LogP contribution in [0.1, 0.15) is 24.3 Å². The van der Waals surface area contributed by atoms with Crippen molar-refractivity contribution in [1.82, 2.24) is 4.31 Å². The molecule has 0 radical (unpaired) electrons. The van der Waals surface area contributed by atoms with Gasteiger partial charge in [-0.25, -0.2) is 8.42 Å². The van der Waals surface area contributed by atoms with Crippen molar-refractivity contribution in [1.29, 1.82) is 0 Å². The normalized spacial score (nSPS) is 17.3. The van der Waals surface area contributed by atoms with E-state index in [0.717, 1.165) is 16.7 Å². The molecular formula is C27H29NO5S2. The second kappa shape index (κ2) is 11.4. The molecule has 1 fully saturated rings. The molecule has 1 heterocycles. The van der Waals surface area contributed by atoms with Crippen LogP contribution < -0.4 is 4.74 Å². The Labute approximate surface area is 211 Å². The van der Waals surface area contributed by atoms with Crippen LogP contribution in [0.3, 0.4) is 0 Å². The Balaban J connectivity index is 1.54. The number of hydrogen-bond acceptors (Lipinski definition) is 6. The molecule has 0 saturated carbocycles. The Morgan fingerprint density at radius 3 is 2.37 bits per heavy atom. The number of ketones is 1. The highest BCUT2D eigenvalue weighted by Crippen LogP contribution is 2.36. The minimum atomic E-state index is -3.84. The largest absolute Gasteiger partial charge is 0.496 e. The van der Waals surface area contributed by atoms with Crippen LogP contribution >= 0.6 is 11.8 Å². The topological polar surface area (TPSA) is 83.9 Å². The van der Waals surface area contributed by atoms with E-state index >= 15 is 0 Å². The smallest absolute Gasteiger partial charge is 0.244 e. The molecule has 35 heavy (non-hydrogen) atoms. The lowest BCUT2D eigenvalue weighted by atomic mass is 9.90. The summed E-state index contributed by atoms with van der Waals surface area (Å²) < 4.78 is 33.7. The Morgan fingerprint density at radius 1 is 1.03 bits per heavy atom. The number of aliphatic hydroxyl groups excluding tert-OH is 1. The van der Waals surface area contributed by atoms with Gasteiger partial charge in [-0.05, 0) is 47.2 Å². The van der Waals surface area contributed by atoms with E-state index in [4.69, 9.17) is 4.74 Å². The number of carbonyl (C=O) groups is 1. The Bertz CT molecular complexity index is 1250. The second-order valence-electron chi connectivity index (χ2n) is 8.35. The predicted molar refractivity (Wildman–Crippen MR) is 139 cm³/mol. The molecule has 2 unspecified atom stereocenters. The van der Waals surface area contributed by atoms with Gasteiger partial charge in [0.05, 0.1) is 12.0 Å². The third-order valence-electron chi connectivity index (χ3n) is 6.20. The predicted octanol–water partition coefficient (Wildman–Crippen LogP) is 4.55. The molecule has 1 N–H and O–H groups in total. The fraction of sp³-hybridized carbons (Fsp3) is 0.296. The number of para-hydroxylation sites is 1. The van der Waals surface area contributed by atoms with Crippen molar-refractivity contribution in [3.8, 4) is 16.9 Å². The summed E-state index contributed by atoms with van der Waals surface area (Å²) in [7, 11) is -2.27. The molecule has 0 amide bonds. The summed E-state index contributed by atoms with van der Waals surface area (Å²) in [6.07, 6.45) is 0.509. The van der Waals surface area contributed by atoms with E-state index in [1.54, 1.807) is 31.4 Å². The number of aliphatic hydroxyl groups is 1. The zero-order valence-corrected chi connectivity index (χ0v) is 21.2. The van der Waals surface area contributed by atoms with Crippen LogP contribution in [0.5, 0.6) is 5.75 Å². The quantitative estimate of drug-likeness (QED) is 0.430. The molecule has 0 aliphatic carbocycles. The van der Waals surface area contributed by atoms with E-state index in [1.807, 2.05) is 54.6 Å². The summed E-state index contributed by atoms with van der Waals surface area (Å²) >= 11 is 1.35. The number of ether oxygens (including phenoxy) is 1. The molecule has 1 aliphatic rings. The average molecular weight is 512 g/mol. The summed E-state index contributed by atoms with van der Waals surface area (Å²) in [6.45, 7) is 0.201. The number of sulfonamides is 1. The molecule has 8 heteroatoms. The minimum absolute atomic E-state index is 0.0798. The molecule has 1 aliphatic heterocycles. The van der Waals surface area contributed by atoms with Gasteiger partial charge in [0, 0.05) is 25.3 Å². The van der Waals surface area contributed by atoms with Crippen LogP contribution in [0.25, 0.3) is 11.1 Å². The van der Waals surface area contributed by atoms with Crippen molar-refractivity contribution in [3.63, 3.8) is 0 Å². The molecule has 184 valence electrons. The number of rotatable bonds is 10. The van der Waals surface area contributed by atoms with Gasteiger partial charge in [-0.3, -0.25) is 4.79 Å². The molecule has 6 nitrogen and oxygen atoms in total. The lowest BCUT2D eigenvalue weighted by Gasteiger charge is -2.25. The molecule has 3 aromatic rings. The number of thioether (sulfide) groups is 1. The summed E-state index contributed by atoms with van der Waals surface area (Å²) in [5.74, 6) is 0.776. The molecule has 3 aromatic carbocycles. The lowest BCUT2D eigenvalue weighted by Crippen LogP contribution is -2.39. The number of carbonyl (C=O) groups excluding carboxylic acids is 1. The number of methoxy groups -OCH3 is 1. The van der Waals surface area contributed by atoms with Gasteiger partial charge in [0.2, 0.25) is 10.0 Å². The third kappa shape index (κ3) is 5.62. The number of Topliss-reactive ketones (excluding diaryl/α,β-unsaturated/α-hetero) is 1. The molecule has 2 atom stereocenters. The Kier molecular flexibility index (Phi) is 8.28. The zero-order valence-electron chi connectivity index (χ0n) is 19.5. The summed E-state index contributed by atoms with van der Waals surface area (Å²) in [5, 5.41) is 8.82. The summed E-state index contributed by atoms with van der Waals surface area (Å²) in [5.41, 5.74) is 2.77. The van der Waals surface area contributed by atoms with Crippen molar-refractivity contribution in [3.05, 3.63) is 84.4 Å². The number of benzene rings is 3. The SMILES string of the molecule is COc1ccccc1C(CCO)CC(=O)C1SCCN1S(=O)(=O)c1ccc(-c2ccccc2)cc1. The Morgan fingerprint density at radius 2 is 1.69 bits per heavy atom. The van der Waals surface area contributed by atoms with Crippen molar-refractivity contribution >= 4 is 27.6 Å². The first-order chi connectivity index (χ1) is 17.0. The van der Waals surface area contributed by atoms with Crippen molar-refractivity contribution < 1.29 is 23.1 Å². The molecular weight excluding hydrogens is 482 g/mol. The molecule has 0 aromatic heterocycles. The van der Waals surface area contributed by atoms with Crippen LogP contribution in [-0.2, 0) is 14.8 Å². The van der Waals surface area contributed by atoms with Crippen molar-refractivity contribution in [2.24, 2.45) is 0 Å². The van der Waals surface area contributed by atoms with E-state index in [-0.39, 0.29) is 36.2 Å². The van der Waals surface area contributed by atoms with Gasteiger partial charge >= 0.3 is 0 Å². The Hall–Kier alpha value is -2.65. The van der Waals surface area contributed by atoms with Crippen LogP contribution in [0.15, 0.2) is 83.8 Å². The highest BCUT2D eigenvalue weighted by Gasteiger charge is 2.40. The van der Waals surface area contributed by atoms with E-state index in [1.165, 1.54) is 16.1 Å². The van der Waals surface area contributed by atoms with Gasteiger partial charge < -0.3 is 9.84 Å². The van der Waals surface area contributed by atoms with Gasteiger partial charge in [0.15, 0.2) is 5.78 Å². The highest BCUT2D eigenvalue weighted by atomic mass is 32.2. The molecule has 1 saturated heterocycles. The minimum Gasteiger partial charge on any atom is -0.496 e. The number of hydrogen-bond donors (Lipinski definition) is 1. The average Bonchev–Trinajstić information content (AvgIpc) is 3.40. The number of nitrogens with zero attached hydrogens (tertiary/aromatic N) is 1. The molecule has 0 spiro atoms. The zero-order chi connectivity index (χ0) is 24.8. The van der Waals surface area contributed by atoms with Crippen molar-refractivity contribution in [2.45, 2.75) is 29.0 Å². The fourth-order valence-electron chi connectivity index (χ4n) is 4.41. The van der Waals surface area contributed by atoms with Gasteiger partial charge in [-0.2, -0.15) is 4.31 Å². The maximum Gasteiger partial charge on any atom is 0.244 e. The van der Waals surface area contributed by atoms with E-state index < -0.39 is 15.4 Å². The van der Waals surface area contributed by atoms with E-state index in [2.05, 4.69) is 0 Å². The molecule has 4 rings (SSSR count). The van der Waals surface area contributed by atoms with Gasteiger partial charge in [0.25, 0.3) is 0 Å². The monoisotopic (exact) mass is 511 g/mol. The van der Waals surface area contributed by atoms with Crippen LogP contribution in [0, 0.1) is 0 Å². The first kappa shape index (κ1) is 25.4. The first-order valence-corrected chi connectivity index (χ1v) is 14.0. The van der Waals surface area contributed by atoms with E-state index in [0.29, 0.717) is 17.9 Å². The lowest BCUT2D eigenvalue weighted by molar-refractivity contribution is -0.120. The first-order valence-electron chi connectivity index (χ1n) is 11.5. The van der Waals surface area contributed by atoms with Crippen molar-refractivity contribution in [2.75, 3.05) is 26.0 Å². The maximum absolute atomic E-state index is 13.5. The fourth-order valence-corrected chi connectivity index (χ4v) is 7.58. The van der Waals surface area contributed by atoms with Gasteiger partial charge in [-0.15, -0.1) is 11.8 Å². The van der Waals surface area contributed by atoms with Crippen LogP contribution in [0.2, 0.25) is 0 Å². The van der Waals surface area contributed by atoms with Crippen LogP contribution in [0.4, 0.5) is 0 Å².